The summed E-state index contributed by atoms with van der Waals surface area (Å²) >= 11 is 0. The van der Waals surface area contributed by atoms with Gasteiger partial charge in [-0.1, -0.05) is 31.4 Å². The summed E-state index contributed by atoms with van der Waals surface area (Å²) in [5.74, 6) is -0.212. The molecule has 0 atom stereocenters. The van der Waals surface area contributed by atoms with E-state index in [9.17, 15) is 9.59 Å². The first-order chi connectivity index (χ1) is 12.7. The zero-order valence-electron chi connectivity index (χ0n) is 15.3. The maximum absolute atomic E-state index is 12.1. The van der Waals surface area contributed by atoms with Crippen molar-refractivity contribution >= 4 is 17.5 Å². The number of nitrogens with one attached hydrogen (secondary N) is 2. The molecule has 26 heavy (non-hydrogen) atoms. The summed E-state index contributed by atoms with van der Waals surface area (Å²) in [5, 5.41) is 5.73. The number of hydrogen-bond acceptors (Lipinski definition) is 4. The molecule has 1 saturated heterocycles. The Hall–Kier alpha value is -2.08. The van der Waals surface area contributed by atoms with Crippen molar-refractivity contribution in [2.75, 3.05) is 37.7 Å². The Balaban J connectivity index is 1.39. The maximum atomic E-state index is 12.1. The van der Waals surface area contributed by atoms with Gasteiger partial charge in [-0.2, -0.15) is 0 Å². The van der Waals surface area contributed by atoms with E-state index in [1.165, 1.54) is 19.3 Å². The van der Waals surface area contributed by atoms with Crippen molar-refractivity contribution in [1.82, 2.24) is 10.6 Å². The Morgan fingerprint density at radius 1 is 1.00 bits per heavy atom. The number of morpholine rings is 1. The highest BCUT2D eigenvalue weighted by Gasteiger charge is 2.16. The topological polar surface area (TPSA) is 70.7 Å². The van der Waals surface area contributed by atoms with Crippen LogP contribution >= 0.6 is 0 Å². The Morgan fingerprint density at radius 2 is 1.69 bits per heavy atom. The second kappa shape index (κ2) is 9.57. The first-order valence-electron chi connectivity index (χ1n) is 9.68. The number of carbonyl (C=O) groups excluding carboxylic acids is 2. The molecule has 1 aromatic carbocycles. The number of amides is 2. The minimum absolute atomic E-state index is 0.0567. The summed E-state index contributed by atoms with van der Waals surface area (Å²) in [4.78, 5) is 26.3. The molecule has 1 aliphatic heterocycles. The zero-order valence-corrected chi connectivity index (χ0v) is 15.3. The first kappa shape index (κ1) is 18.7. The molecule has 0 bridgehead atoms. The molecule has 1 heterocycles. The molecule has 3 rings (SSSR count). The van der Waals surface area contributed by atoms with Gasteiger partial charge in [0.1, 0.15) is 0 Å². The van der Waals surface area contributed by atoms with Crippen LogP contribution in [-0.4, -0.2) is 50.7 Å². The normalized spacial score (nSPS) is 18.4. The molecule has 0 spiro atoms. The SMILES string of the molecule is O=C(Cc1ccc(N2CCOCC2)cc1)NCC(=O)NC1CCCCC1. The van der Waals surface area contributed by atoms with E-state index in [1.54, 1.807) is 0 Å². The van der Waals surface area contributed by atoms with Gasteiger partial charge in [-0.3, -0.25) is 9.59 Å². The van der Waals surface area contributed by atoms with Gasteiger partial charge in [-0.05, 0) is 30.5 Å². The third kappa shape index (κ3) is 5.73. The van der Waals surface area contributed by atoms with Gasteiger partial charge in [0.15, 0.2) is 0 Å². The number of carbonyl (C=O) groups is 2. The standard InChI is InChI=1S/C20H29N3O3/c24-19(21-15-20(25)22-17-4-2-1-3-5-17)14-16-6-8-18(9-7-16)23-10-12-26-13-11-23/h6-9,17H,1-5,10-15H2,(H,21,24)(H,22,25). The Morgan fingerprint density at radius 3 is 2.38 bits per heavy atom. The van der Waals surface area contributed by atoms with Gasteiger partial charge < -0.3 is 20.3 Å². The summed E-state index contributed by atoms with van der Waals surface area (Å²) in [5.41, 5.74) is 2.11. The molecule has 2 aliphatic rings. The lowest BCUT2D eigenvalue weighted by Crippen LogP contribution is -2.43. The van der Waals surface area contributed by atoms with Gasteiger partial charge in [0.2, 0.25) is 11.8 Å². The summed E-state index contributed by atoms with van der Waals surface area (Å²) < 4.78 is 5.36. The van der Waals surface area contributed by atoms with E-state index in [0.717, 1.165) is 50.4 Å². The Kier molecular flexibility index (Phi) is 6.89. The van der Waals surface area contributed by atoms with Crippen molar-refractivity contribution in [3.63, 3.8) is 0 Å². The van der Waals surface area contributed by atoms with Crippen LogP contribution in [0.3, 0.4) is 0 Å². The summed E-state index contributed by atoms with van der Waals surface area (Å²) in [7, 11) is 0. The number of ether oxygens (including phenoxy) is 1. The van der Waals surface area contributed by atoms with Gasteiger partial charge in [0, 0.05) is 24.8 Å². The molecule has 1 aliphatic carbocycles. The highest BCUT2D eigenvalue weighted by molar-refractivity contribution is 5.85. The molecule has 142 valence electrons. The third-order valence-corrected chi connectivity index (χ3v) is 5.09. The number of anilines is 1. The summed E-state index contributed by atoms with van der Waals surface area (Å²) in [6.07, 6.45) is 6.01. The van der Waals surface area contributed by atoms with Crippen LogP contribution in [0.4, 0.5) is 5.69 Å². The minimum atomic E-state index is -0.122. The first-order valence-corrected chi connectivity index (χ1v) is 9.68. The molecule has 0 radical (unpaired) electrons. The van der Waals surface area contributed by atoms with Crippen LogP contribution in [0.25, 0.3) is 0 Å². The van der Waals surface area contributed by atoms with E-state index in [-0.39, 0.29) is 24.4 Å². The molecule has 2 fully saturated rings. The molecular weight excluding hydrogens is 330 g/mol. The largest absolute Gasteiger partial charge is 0.378 e. The van der Waals surface area contributed by atoms with Gasteiger partial charge in [-0.15, -0.1) is 0 Å². The Bertz CT molecular complexity index is 591. The van der Waals surface area contributed by atoms with Crippen LogP contribution in [0.15, 0.2) is 24.3 Å². The molecule has 1 saturated carbocycles. The molecule has 2 N–H and O–H groups in total. The van der Waals surface area contributed by atoms with Crippen molar-refractivity contribution in [3.05, 3.63) is 29.8 Å². The van der Waals surface area contributed by atoms with Gasteiger partial charge >= 0.3 is 0 Å². The van der Waals surface area contributed by atoms with Crippen molar-refractivity contribution in [2.45, 2.75) is 44.6 Å². The quantitative estimate of drug-likeness (QED) is 0.810. The van der Waals surface area contributed by atoms with E-state index in [4.69, 9.17) is 4.74 Å². The van der Waals surface area contributed by atoms with Crippen LogP contribution in [0.2, 0.25) is 0 Å². The summed E-state index contributed by atoms with van der Waals surface area (Å²) in [6, 6.07) is 8.33. The second-order valence-corrected chi connectivity index (χ2v) is 7.12. The lowest BCUT2D eigenvalue weighted by molar-refractivity contribution is -0.126. The van der Waals surface area contributed by atoms with Crippen LogP contribution < -0.4 is 15.5 Å². The molecule has 2 amide bonds. The van der Waals surface area contributed by atoms with E-state index in [1.807, 2.05) is 24.3 Å². The number of benzene rings is 1. The molecule has 1 aromatic rings. The van der Waals surface area contributed by atoms with E-state index in [2.05, 4.69) is 15.5 Å². The highest BCUT2D eigenvalue weighted by Crippen LogP contribution is 2.18. The predicted molar refractivity (Wildman–Crippen MR) is 101 cm³/mol. The van der Waals surface area contributed by atoms with Crippen molar-refractivity contribution < 1.29 is 14.3 Å². The van der Waals surface area contributed by atoms with Gasteiger partial charge in [0.05, 0.1) is 26.2 Å². The van der Waals surface area contributed by atoms with Crippen LogP contribution in [0, 0.1) is 0 Å². The second-order valence-electron chi connectivity index (χ2n) is 7.12. The molecule has 6 heteroatoms. The monoisotopic (exact) mass is 359 g/mol. The average molecular weight is 359 g/mol. The average Bonchev–Trinajstić information content (AvgIpc) is 2.68. The van der Waals surface area contributed by atoms with Crippen LogP contribution in [0.1, 0.15) is 37.7 Å². The third-order valence-electron chi connectivity index (χ3n) is 5.09. The fraction of sp³-hybridized carbons (Fsp3) is 0.600. The van der Waals surface area contributed by atoms with Gasteiger partial charge in [-0.25, -0.2) is 0 Å². The molecular formula is C20H29N3O3. The number of hydrogen-bond donors (Lipinski definition) is 2. The van der Waals surface area contributed by atoms with E-state index < -0.39 is 0 Å². The molecule has 0 unspecified atom stereocenters. The van der Waals surface area contributed by atoms with E-state index >= 15 is 0 Å². The van der Waals surface area contributed by atoms with Gasteiger partial charge in [0.25, 0.3) is 0 Å². The maximum Gasteiger partial charge on any atom is 0.239 e. The number of nitrogens with zero attached hydrogens (tertiary/aromatic N) is 1. The predicted octanol–water partition coefficient (Wildman–Crippen LogP) is 1.63. The molecule has 0 aromatic heterocycles. The number of rotatable bonds is 6. The fourth-order valence-corrected chi connectivity index (χ4v) is 3.60. The highest BCUT2D eigenvalue weighted by atomic mass is 16.5. The van der Waals surface area contributed by atoms with Crippen LogP contribution in [0.5, 0.6) is 0 Å². The summed E-state index contributed by atoms with van der Waals surface area (Å²) in [6.45, 7) is 3.37. The van der Waals surface area contributed by atoms with E-state index in [0.29, 0.717) is 6.42 Å². The van der Waals surface area contributed by atoms with Crippen molar-refractivity contribution in [1.29, 1.82) is 0 Å². The minimum Gasteiger partial charge on any atom is -0.378 e. The zero-order chi connectivity index (χ0) is 18.2. The lowest BCUT2D eigenvalue weighted by atomic mass is 9.95. The van der Waals surface area contributed by atoms with Crippen molar-refractivity contribution in [3.8, 4) is 0 Å². The smallest absolute Gasteiger partial charge is 0.239 e. The fourth-order valence-electron chi connectivity index (χ4n) is 3.60. The lowest BCUT2D eigenvalue weighted by Gasteiger charge is -2.28. The Labute approximate surface area is 155 Å². The van der Waals surface area contributed by atoms with Crippen LogP contribution in [-0.2, 0) is 20.7 Å². The van der Waals surface area contributed by atoms with Crippen molar-refractivity contribution in [2.24, 2.45) is 0 Å². The molecule has 6 nitrogen and oxygen atoms in total.